The monoisotopic (exact) mass is 360 g/mol. The van der Waals surface area contributed by atoms with Crippen molar-refractivity contribution in [2.45, 2.75) is 58.4 Å². The van der Waals surface area contributed by atoms with E-state index in [1.54, 1.807) is 24.3 Å². The van der Waals surface area contributed by atoms with E-state index >= 15 is 0 Å². The summed E-state index contributed by atoms with van der Waals surface area (Å²) in [6.07, 6.45) is 5.82. The van der Waals surface area contributed by atoms with Gasteiger partial charge in [-0.25, -0.2) is 0 Å². The van der Waals surface area contributed by atoms with E-state index in [0.717, 1.165) is 25.7 Å². The number of carbonyl (C=O) groups is 3. The average Bonchev–Trinajstić information content (AvgIpc) is 2.65. The fourth-order valence-corrected chi connectivity index (χ4v) is 3.30. The van der Waals surface area contributed by atoms with Gasteiger partial charge in [0, 0.05) is 23.2 Å². The van der Waals surface area contributed by atoms with Crippen LogP contribution in [0.2, 0.25) is 0 Å². The molecule has 1 fully saturated rings. The number of carbonyl (C=O) groups excluding carboxylic acids is 2. The molecule has 2 N–H and O–H groups in total. The minimum atomic E-state index is -1.04. The smallest absolute Gasteiger partial charge is 0.323 e. The van der Waals surface area contributed by atoms with E-state index in [0.29, 0.717) is 17.7 Å². The van der Waals surface area contributed by atoms with Gasteiger partial charge in [0.25, 0.3) is 5.91 Å². The Balaban J connectivity index is 2.12. The number of nitrogens with one attached hydrogen (secondary N) is 1. The number of anilines is 1. The predicted octanol–water partition coefficient (Wildman–Crippen LogP) is 3.53. The third kappa shape index (κ3) is 5.31. The molecule has 0 saturated heterocycles. The van der Waals surface area contributed by atoms with Crippen molar-refractivity contribution in [3.05, 3.63) is 29.8 Å². The highest BCUT2D eigenvalue weighted by molar-refractivity contribution is 5.98. The van der Waals surface area contributed by atoms with Gasteiger partial charge in [-0.3, -0.25) is 14.4 Å². The molecule has 0 bridgehead atoms. The van der Waals surface area contributed by atoms with E-state index in [4.69, 9.17) is 5.11 Å². The Morgan fingerprint density at radius 3 is 2.54 bits per heavy atom. The SMILES string of the molecule is CCC(C)N(CC(=O)O)C(=O)c1cccc(NC(=O)C2CCCCC2)c1. The first-order valence-electron chi connectivity index (χ1n) is 9.36. The summed E-state index contributed by atoms with van der Waals surface area (Å²) in [5, 5.41) is 12.0. The lowest BCUT2D eigenvalue weighted by Gasteiger charge is -2.27. The highest BCUT2D eigenvalue weighted by atomic mass is 16.4. The van der Waals surface area contributed by atoms with Crippen LogP contribution < -0.4 is 5.32 Å². The van der Waals surface area contributed by atoms with Gasteiger partial charge in [0.1, 0.15) is 6.54 Å². The lowest BCUT2D eigenvalue weighted by atomic mass is 9.88. The minimum Gasteiger partial charge on any atom is -0.480 e. The van der Waals surface area contributed by atoms with Crippen LogP contribution in [0.3, 0.4) is 0 Å². The van der Waals surface area contributed by atoms with Gasteiger partial charge >= 0.3 is 5.97 Å². The highest BCUT2D eigenvalue weighted by Gasteiger charge is 2.24. The molecule has 0 radical (unpaired) electrons. The molecule has 2 amide bonds. The number of carboxylic acid groups (broad SMARTS) is 1. The zero-order chi connectivity index (χ0) is 19.1. The van der Waals surface area contributed by atoms with Crippen LogP contribution in [-0.2, 0) is 9.59 Å². The number of amides is 2. The van der Waals surface area contributed by atoms with E-state index < -0.39 is 5.97 Å². The molecule has 1 aromatic rings. The molecule has 142 valence electrons. The molecule has 1 saturated carbocycles. The Hall–Kier alpha value is -2.37. The summed E-state index contributed by atoms with van der Waals surface area (Å²) in [7, 11) is 0. The predicted molar refractivity (Wildman–Crippen MR) is 100 cm³/mol. The number of rotatable bonds is 7. The molecule has 2 rings (SSSR count). The van der Waals surface area contributed by atoms with Crippen LogP contribution in [0, 0.1) is 5.92 Å². The average molecular weight is 360 g/mol. The molecule has 1 aliphatic rings. The van der Waals surface area contributed by atoms with Gasteiger partial charge in [-0.2, -0.15) is 0 Å². The Labute approximate surface area is 154 Å². The number of carboxylic acids is 1. The number of benzene rings is 1. The van der Waals surface area contributed by atoms with Crippen LogP contribution in [0.1, 0.15) is 62.7 Å². The first kappa shape index (κ1) is 19.9. The minimum absolute atomic E-state index is 0.00128. The van der Waals surface area contributed by atoms with E-state index in [1.165, 1.54) is 11.3 Å². The van der Waals surface area contributed by atoms with Crippen molar-refractivity contribution in [3.8, 4) is 0 Å². The molecule has 6 heteroatoms. The molecule has 26 heavy (non-hydrogen) atoms. The fraction of sp³-hybridized carbons (Fsp3) is 0.550. The Bertz CT molecular complexity index is 653. The van der Waals surface area contributed by atoms with Gasteiger partial charge in [0.2, 0.25) is 5.91 Å². The fourth-order valence-electron chi connectivity index (χ4n) is 3.30. The first-order chi connectivity index (χ1) is 12.4. The normalized spacial score (nSPS) is 15.9. The second kappa shape index (κ2) is 9.36. The molecule has 1 aromatic carbocycles. The number of hydrogen-bond donors (Lipinski definition) is 2. The van der Waals surface area contributed by atoms with Gasteiger partial charge in [0.05, 0.1) is 0 Å². The summed E-state index contributed by atoms with van der Waals surface area (Å²) in [6.45, 7) is 3.40. The van der Waals surface area contributed by atoms with Crippen molar-refractivity contribution in [2.75, 3.05) is 11.9 Å². The lowest BCUT2D eigenvalue weighted by Crippen LogP contribution is -2.41. The third-order valence-corrected chi connectivity index (χ3v) is 5.04. The zero-order valence-corrected chi connectivity index (χ0v) is 15.5. The van der Waals surface area contributed by atoms with Crippen molar-refractivity contribution in [2.24, 2.45) is 5.92 Å². The topological polar surface area (TPSA) is 86.7 Å². The van der Waals surface area contributed by atoms with Gasteiger partial charge < -0.3 is 15.3 Å². The van der Waals surface area contributed by atoms with Crippen LogP contribution in [0.4, 0.5) is 5.69 Å². The Kier molecular flexibility index (Phi) is 7.18. The van der Waals surface area contributed by atoms with Crippen LogP contribution in [-0.4, -0.2) is 40.4 Å². The quantitative estimate of drug-likeness (QED) is 0.779. The first-order valence-corrected chi connectivity index (χ1v) is 9.36. The van der Waals surface area contributed by atoms with Gasteiger partial charge in [0.15, 0.2) is 0 Å². The summed E-state index contributed by atoms with van der Waals surface area (Å²) in [5.74, 6) is -1.35. The molecule has 0 spiro atoms. The summed E-state index contributed by atoms with van der Waals surface area (Å²) in [4.78, 5) is 37.6. The van der Waals surface area contributed by atoms with Gasteiger partial charge in [-0.05, 0) is 44.4 Å². The van der Waals surface area contributed by atoms with E-state index in [2.05, 4.69) is 5.32 Å². The summed E-state index contributed by atoms with van der Waals surface area (Å²) in [6, 6.07) is 6.55. The van der Waals surface area contributed by atoms with Gasteiger partial charge in [-0.1, -0.05) is 32.3 Å². The molecule has 0 heterocycles. The van der Waals surface area contributed by atoms with Crippen LogP contribution in [0.25, 0.3) is 0 Å². The van der Waals surface area contributed by atoms with Crippen molar-refractivity contribution < 1.29 is 19.5 Å². The summed E-state index contributed by atoms with van der Waals surface area (Å²) in [5.41, 5.74) is 0.957. The molecule has 0 aromatic heterocycles. The maximum Gasteiger partial charge on any atom is 0.323 e. The molecule has 6 nitrogen and oxygen atoms in total. The van der Waals surface area contributed by atoms with Crippen LogP contribution in [0.5, 0.6) is 0 Å². The number of aliphatic carboxylic acids is 1. The third-order valence-electron chi connectivity index (χ3n) is 5.04. The van der Waals surface area contributed by atoms with Crippen molar-refractivity contribution in [1.29, 1.82) is 0 Å². The highest BCUT2D eigenvalue weighted by Crippen LogP contribution is 2.25. The van der Waals surface area contributed by atoms with Crippen molar-refractivity contribution in [3.63, 3.8) is 0 Å². The molecule has 0 aliphatic heterocycles. The maximum absolute atomic E-state index is 12.8. The van der Waals surface area contributed by atoms with Crippen LogP contribution in [0.15, 0.2) is 24.3 Å². The standard InChI is InChI=1S/C20H28N2O4/c1-3-14(2)22(13-18(23)24)20(26)16-10-7-11-17(12-16)21-19(25)15-8-5-4-6-9-15/h7,10-12,14-15H,3-6,8-9,13H2,1-2H3,(H,21,25)(H,23,24). The summed E-state index contributed by atoms with van der Waals surface area (Å²) < 4.78 is 0. The maximum atomic E-state index is 12.8. The van der Waals surface area contributed by atoms with Crippen molar-refractivity contribution >= 4 is 23.5 Å². The molecular formula is C20H28N2O4. The molecule has 1 atom stereocenters. The lowest BCUT2D eigenvalue weighted by molar-refractivity contribution is -0.138. The van der Waals surface area contributed by atoms with Crippen molar-refractivity contribution in [1.82, 2.24) is 4.90 Å². The number of nitrogens with zero attached hydrogens (tertiary/aromatic N) is 1. The van der Waals surface area contributed by atoms with E-state index in [1.807, 2.05) is 13.8 Å². The second-order valence-electron chi connectivity index (χ2n) is 6.99. The number of hydrogen-bond acceptors (Lipinski definition) is 3. The van der Waals surface area contributed by atoms with E-state index in [-0.39, 0.29) is 30.3 Å². The summed E-state index contributed by atoms with van der Waals surface area (Å²) >= 11 is 0. The van der Waals surface area contributed by atoms with E-state index in [9.17, 15) is 14.4 Å². The van der Waals surface area contributed by atoms with Crippen LogP contribution >= 0.6 is 0 Å². The molecular weight excluding hydrogens is 332 g/mol. The zero-order valence-electron chi connectivity index (χ0n) is 15.5. The van der Waals surface area contributed by atoms with Gasteiger partial charge in [-0.15, -0.1) is 0 Å². The Morgan fingerprint density at radius 1 is 1.23 bits per heavy atom. The molecule has 1 aliphatic carbocycles. The molecule has 1 unspecified atom stereocenters. The largest absolute Gasteiger partial charge is 0.480 e. The Morgan fingerprint density at radius 2 is 1.92 bits per heavy atom. The second-order valence-corrected chi connectivity index (χ2v) is 6.99.